The number of aryl methyl sites for hydroxylation is 1. The molecule has 0 aliphatic heterocycles. The van der Waals surface area contributed by atoms with Gasteiger partial charge in [0.25, 0.3) is 0 Å². The van der Waals surface area contributed by atoms with Crippen LogP contribution in [0.25, 0.3) is 0 Å². The second-order valence-corrected chi connectivity index (χ2v) is 5.49. The van der Waals surface area contributed by atoms with E-state index in [9.17, 15) is 0 Å². The third-order valence-electron chi connectivity index (χ3n) is 3.57. The molecule has 2 heteroatoms. The maximum Gasteiger partial charge on any atom is 0.118 e. The molecule has 1 aromatic rings. The fraction of sp³-hybridized carbons (Fsp3) is 0.625. The summed E-state index contributed by atoms with van der Waals surface area (Å²) in [5, 5.41) is 3.65. The second-order valence-electron chi connectivity index (χ2n) is 5.49. The SMILES string of the molecule is COc1ccc(CCC(C)NC(C)C(C)C)cc1. The van der Waals surface area contributed by atoms with Crippen LogP contribution in [0.4, 0.5) is 0 Å². The Hall–Kier alpha value is -1.02. The predicted molar refractivity (Wildman–Crippen MR) is 78.2 cm³/mol. The minimum atomic E-state index is 0.560. The molecule has 1 rings (SSSR count). The third kappa shape index (κ3) is 5.09. The first-order valence-corrected chi connectivity index (χ1v) is 6.92. The van der Waals surface area contributed by atoms with E-state index in [1.165, 1.54) is 12.0 Å². The van der Waals surface area contributed by atoms with Crippen molar-refractivity contribution in [3.63, 3.8) is 0 Å². The molecule has 0 bridgehead atoms. The molecule has 1 N–H and O–H groups in total. The van der Waals surface area contributed by atoms with Gasteiger partial charge in [0.2, 0.25) is 0 Å². The van der Waals surface area contributed by atoms with Crippen LogP contribution in [0.5, 0.6) is 5.75 Å². The van der Waals surface area contributed by atoms with Crippen molar-refractivity contribution < 1.29 is 4.74 Å². The molecule has 0 saturated carbocycles. The maximum absolute atomic E-state index is 5.16. The summed E-state index contributed by atoms with van der Waals surface area (Å²) < 4.78 is 5.16. The van der Waals surface area contributed by atoms with Gasteiger partial charge in [0.15, 0.2) is 0 Å². The lowest BCUT2D eigenvalue weighted by atomic mass is 10.0. The Labute approximate surface area is 112 Å². The minimum Gasteiger partial charge on any atom is -0.497 e. The molecule has 0 radical (unpaired) electrons. The average molecular weight is 249 g/mol. The summed E-state index contributed by atoms with van der Waals surface area (Å²) in [5.74, 6) is 1.62. The average Bonchev–Trinajstić information content (AvgIpc) is 2.36. The molecule has 0 aliphatic rings. The summed E-state index contributed by atoms with van der Waals surface area (Å²) in [6.07, 6.45) is 2.28. The maximum atomic E-state index is 5.16. The van der Waals surface area contributed by atoms with Gasteiger partial charge in [-0.3, -0.25) is 0 Å². The quantitative estimate of drug-likeness (QED) is 0.796. The summed E-state index contributed by atoms with van der Waals surface area (Å²) in [4.78, 5) is 0. The molecular weight excluding hydrogens is 222 g/mol. The molecule has 1 aromatic carbocycles. The molecule has 0 amide bonds. The van der Waals surface area contributed by atoms with E-state index in [4.69, 9.17) is 4.74 Å². The van der Waals surface area contributed by atoms with Gasteiger partial charge in [-0.05, 0) is 50.3 Å². The van der Waals surface area contributed by atoms with Crippen molar-refractivity contribution >= 4 is 0 Å². The van der Waals surface area contributed by atoms with E-state index in [-0.39, 0.29) is 0 Å². The van der Waals surface area contributed by atoms with Crippen LogP contribution < -0.4 is 10.1 Å². The Bertz CT molecular complexity index is 331. The smallest absolute Gasteiger partial charge is 0.118 e. The first kappa shape index (κ1) is 15.0. The predicted octanol–water partition coefficient (Wildman–Crippen LogP) is 3.65. The van der Waals surface area contributed by atoms with Gasteiger partial charge in [-0.2, -0.15) is 0 Å². The summed E-state index contributed by atoms with van der Waals surface area (Å²) in [5.41, 5.74) is 1.38. The number of ether oxygens (including phenoxy) is 1. The molecule has 0 saturated heterocycles. The van der Waals surface area contributed by atoms with Crippen molar-refractivity contribution in [2.24, 2.45) is 5.92 Å². The lowest BCUT2D eigenvalue weighted by Gasteiger charge is -2.22. The van der Waals surface area contributed by atoms with Crippen molar-refractivity contribution in [2.45, 2.75) is 52.6 Å². The van der Waals surface area contributed by atoms with E-state index in [0.717, 1.165) is 12.2 Å². The molecule has 18 heavy (non-hydrogen) atoms. The number of methoxy groups -OCH3 is 1. The van der Waals surface area contributed by atoms with E-state index in [2.05, 4.69) is 45.1 Å². The molecule has 0 heterocycles. The van der Waals surface area contributed by atoms with Crippen molar-refractivity contribution in [1.29, 1.82) is 0 Å². The minimum absolute atomic E-state index is 0.560. The second kappa shape index (κ2) is 7.42. The molecule has 0 fully saturated rings. The largest absolute Gasteiger partial charge is 0.497 e. The van der Waals surface area contributed by atoms with Gasteiger partial charge in [-0.1, -0.05) is 26.0 Å². The highest BCUT2D eigenvalue weighted by Crippen LogP contribution is 2.13. The van der Waals surface area contributed by atoms with Gasteiger partial charge in [0.1, 0.15) is 5.75 Å². The number of rotatable bonds is 7. The molecule has 2 atom stereocenters. The first-order valence-electron chi connectivity index (χ1n) is 6.92. The lowest BCUT2D eigenvalue weighted by Crippen LogP contribution is -2.37. The Morgan fingerprint density at radius 2 is 1.67 bits per heavy atom. The molecule has 0 aliphatic carbocycles. The molecule has 0 aromatic heterocycles. The highest BCUT2D eigenvalue weighted by molar-refractivity contribution is 5.27. The zero-order valence-corrected chi connectivity index (χ0v) is 12.4. The fourth-order valence-corrected chi connectivity index (χ4v) is 1.90. The van der Waals surface area contributed by atoms with Crippen LogP contribution in [-0.4, -0.2) is 19.2 Å². The van der Waals surface area contributed by atoms with E-state index in [1.54, 1.807) is 7.11 Å². The summed E-state index contributed by atoms with van der Waals surface area (Å²) in [6.45, 7) is 9.04. The topological polar surface area (TPSA) is 21.3 Å². The first-order chi connectivity index (χ1) is 8.52. The number of hydrogen-bond acceptors (Lipinski definition) is 2. The van der Waals surface area contributed by atoms with Crippen LogP contribution >= 0.6 is 0 Å². The van der Waals surface area contributed by atoms with Gasteiger partial charge < -0.3 is 10.1 Å². The van der Waals surface area contributed by atoms with Crippen LogP contribution in [0.3, 0.4) is 0 Å². The van der Waals surface area contributed by atoms with Gasteiger partial charge in [-0.25, -0.2) is 0 Å². The van der Waals surface area contributed by atoms with Crippen LogP contribution in [0.15, 0.2) is 24.3 Å². The van der Waals surface area contributed by atoms with Crippen molar-refractivity contribution in [3.8, 4) is 5.75 Å². The Morgan fingerprint density at radius 3 is 2.17 bits per heavy atom. The molecular formula is C16H27NO. The molecule has 0 spiro atoms. The van der Waals surface area contributed by atoms with Gasteiger partial charge in [0.05, 0.1) is 7.11 Å². The zero-order valence-electron chi connectivity index (χ0n) is 12.4. The van der Waals surface area contributed by atoms with E-state index >= 15 is 0 Å². The fourth-order valence-electron chi connectivity index (χ4n) is 1.90. The van der Waals surface area contributed by atoms with Crippen LogP contribution in [0, 0.1) is 5.92 Å². The highest BCUT2D eigenvalue weighted by atomic mass is 16.5. The van der Waals surface area contributed by atoms with Gasteiger partial charge >= 0.3 is 0 Å². The Morgan fingerprint density at radius 1 is 1.06 bits per heavy atom. The summed E-state index contributed by atoms with van der Waals surface area (Å²) in [7, 11) is 1.70. The zero-order chi connectivity index (χ0) is 13.5. The van der Waals surface area contributed by atoms with Crippen LogP contribution in [-0.2, 0) is 6.42 Å². The van der Waals surface area contributed by atoms with Crippen molar-refractivity contribution in [2.75, 3.05) is 7.11 Å². The lowest BCUT2D eigenvalue weighted by molar-refractivity contribution is 0.373. The van der Waals surface area contributed by atoms with E-state index < -0.39 is 0 Å². The van der Waals surface area contributed by atoms with Crippen LogP contribution in [0.2, 0.25) is 0 Å². The summed E-state index contributed by atoms with van der Waals surface area (Å²) in [6, 6.07) is 9.50. The molecule has 2 nitrogen and oxygen atoms in total. The number of hydrogen-bond donors (Lipinski definition) is 1. The molecule has 2 unspecified atom stereocenters. The third-order valence-corrected chi connectivity index (χ3v) is 3.57. The highest BCUT2D eigenvalue weighted by Gasteiger charge is 2.10. The molecule has 102 valence electrons. The van der Waals surface area contributed by atoms with Crippen molar-refractivity contribution in [3.05, 3.63) is 29.8 Å². The van der Waals surface area contributed by atoms with Crippen LogP contribution in [0.1, 0.15) is 39.7 Å². The van der Waals surface area contributed by atoms with E-state index in [0.29, 0.717) is 18.0 Å². The van der Waals surface area contributed by atoms with Gasteiger partial charge in [-0.15, -0.1) is 0 Å². The Balaban J connectivity index is 2.35. The summed E-state index contributed by atoms with van der Waals surface area (Å²) >= 11 is 0. The monoisotopic (exact) mass is 249 g/mol. The number of benzene rings is 1. The number of nitrogens with one attached hydrogen (secondary N) is 1. The normalized spacial score (nSPS) is 14.6. The Kier molecular flexibility index (Phi) is 6.20. The van der Waals surface area contributed by atoms with E-state index in [1.807, 2.05) is 12.1 Å². The van der Waals surface area contributed by atoms with Gasteiger partial charge in [0, 0.05) is 12.1 Å². The van der Waals surface area contributed by atoms with Crippen molar-refractivity contribution in [1.82, 2.24) is 5.32 Å². The standard InChI is InChI=1S/C16H27NO/c1-12(2)14(4)17-13(3)6-7-15-8-10-16(18-5)11-9-15/h8-14,17H,6-7H2,1-5H3.